The van der Waals surface area contributed by atoms with Gasteiger partial charge in [0.15, 0.2) is 0 Å². The van der Waals surface area contributed by atoms with Crippen LogP contribution in [0.25, 0.3) is 43.5 Å². The predicted molar refractivity (Wildman–Crippen MR) is 154 cm³/mol. The summed E-state index contributed by atoms with van der Waals surface area (Å²) in [5, 5.41) is 10.7. The van der Waals surface area contributed by atoms with Gasteiger partial charge >= 0.3 is 0 Å². The van der Waals surface area contributed by atoms with Gasteiger partial charge in [0, 0.05) is 27.3 Å². The van der Waals surface area contributed by atoms with E-state index < -0.39 is 0 Å². The first kappa shape index (κ1) is 20.3. The highest BCUT2D eigenvalue weighted by Crippen LogP contribution is 2.41. The topological polar surface area (TPSA) is 37.5 Å². The molecule has 174 valence electrons. The van der Waals surface area contributed by atoms with E-state index in [1.54, 1.807) is 0 Å². The summed E-state index contributed by atoms with van der Waals surface area (Å²) in [5.74, 6) is 0.874. The Hall–Kier alpha value is -4.89. The number of furan rings is 1. The van der Waals surface area contributed by atoms with Crippen LogP contribution in [-0.4, -0.2) is 5.84 Å². The van der Waals surface area contributed by atoms with Gasteiger partial charge in [0.25, 0.3) is 0 Å². The van der Waals surface area contributed by atoms with Crippen LogP contribution in [-0.2, 0) is 0 Å². The first-order valence-electron chi connectivity index (χ1n) is 12.6. The lowest BCUT2D eigenvalue weighted by atomic mass is 9.92. The third kappa shape index (κ3) is 3.11. The minimum absolute atomic E-state index is 0.0951. The van der Waals surface area contributed by atoms with Crippen LogP contribution >= 0.6 is 0 Å². The molecule has 0 amide bonds. The average molecular weight is 475 g/mol. The fraction of sp³-hybridized carbons (Fsp3) is 0.0294. The van der Waals surface area contributed by atoms with Crippen molar-refractivity contribution in [3.63, 3.8) is 0 Å². The lowest BCUT2D eigenvalue weighted by Gasteiger charge is -2.27. The molecule has 3 heteroatoms. The quantitative estimate of drug-likeness (QED) is 0.272. The molecule has 0 fully saturated rings. The Balaban J connectivity index is 1.38. The number of nitrogens with zero attached hydrogens (tertiary/aromatic N) is 1. The van der Waals surface area contributed by atoms with Gasteiger partial charge in [0.05, 0.1) is 5.69 Å². The number of para-hydroxylation sites is 1. The summed E-state index contributed by atoms with van der Waals surface area (Å²) in [6.45, 7) is 0. The minimum atomic E-state index is -0.0951. The Labute approximate surface area is 213 Å². The first-order valence-corrected chi connectivity index (χ1v) is 12.6. The largest absolute Gasteiger partial charge is 0.456 e. The molecule has 3 nitrogen and oxygen atoms in total. The van der Waals surface area contributed by atoms with E-state index in [-0.39, 0.29) is 6.04 Å². The van der Waals surface area contributed by atoms with Gasteiger partial charge in [0.1, 0.15) is 23.0 Å². The molecular weight excluding hydrogens is 452 g/mol. The van der Waals surface area contributed by atoms with Gasteiger partial charge in [-0.3, -0.25) is 4.99 Å². The van der Waals surface area contributed by atoms with Crippen LogP contribution in [0, 0.1) is 0 Å². The fourth-order valence-electron chi connectivity index (χ4n) is 5.73. The van der Waals surface area contributed by atoms with Crippen molar-refractivity contribution in [2.45, 2.75) is 6.04 Å². The van der Waals surface area contributed by atoms with E-state index in [1.165, 1.54) is 27.3 Å². The normalized spacial score (nSPS) is 15.1. The van der Waals surface area contributed by atoms with Crippen LogP contribution in [0.1, 0.15) is 22.7 Å². The summed E-state index contributed by atoms with van der Waals surface area (Å²) in [4.78, 5) is 5.32. The number of anilines is 1. The molecule has 1 aliphatic heterocycles. The standard InChI is InChI=1S/C34H22N2O/c1-2-10-22(11-3-1)32-27-18-17-21-9-4-5-13-24(21)33(27)36-34(35-32)26-15-8-12-23-19-29-25-14-6-7-16-30(25)37-31(29)20-28(23)26/h1-20,32H,(H,35,36). The third-order valence-electron chi connectivity index (χ3n) is 7.51. The van der Waals surface area contributed by atoms with Crippen LogP contribution in [0.5, 0.6) is 0 Å². The van der Waals surface area contributed by atoms with Gasteiger partial charge in [-0.1, -0.05) is 103 Å². The Morgan fingerprint density at radius 3 is 2.27 bits per heavy atom. The molecule has 0 bridgehead atoms. The maximum absolute atomic E-state index is 6.25. The van der Waals surface area contributed by atoms with Crippen molar-refractivity contribution in [1.82, 2.24) is 0 Å². The monoisotopic (exact) mass is 474 g/mol. The number of amidine groups is 1. The third-order valence-corrected chi connectivity index (χ3v) is 7.51. The van der Waals surface area contributed by atoms with Crippen molar-refractivity contribution in [2.24, 2.45) is 4.99 Å². The molecular formula is C34H22N2O. The van der Waals surface area contributed by atoms with E-state index in [2.05, 4.69) is 115 Å². The van der Waals surface area contributed by atoms with Crippen LogP contribution in [0.4, 0.5) is 5.69 Å². The molecule has 0 saturated heterocycles. The second kappa shape index (κ2) is 7.81. The van der Waals surface area contributed by atoms with Crippen LogP contribution < -0.4 is 5.32 Å². The zero-order valence-corrected chi connectivity index (χ0v) is 20.0. The molecule has 0 spiro atoms. The molecule has 1 atom stereocenters. The number of hydrogen-bond donors (Lipinski definition) is 1. The summed E-state index contributed by atoms with van der Waals surface area (Å²) in [5.41, 5.74) is 6.36. The van der Waals surface area contributed by atoms with Crippen molar-refractivity contribution in [1.29, 1.82) is 0 Å². The van der Waals surface area contributed by atoms with E-state index >= 15 is 0 Å². The second-order valence-electron chi connectivity index (χ2n) is 9.64. The van der Waals surface area contributed by atoms with E-state index in [0.717, 1.165) is 44.4 Å². The Morgan fingerprint density at radius 2 is 1.35 bits per heavy atom. The molecule has 0 aliphatic carbocycles. The van der Waals surface area contributed by atoms with Crippen molar-refractivity contribution < 1.29 is 4.42 Å². The molecule has 6 aromatic carbocycles. The smallest absolute Gasteiger partial charge is 0.136 e. The SMILES string of the molecule is c1ccc(C2N=C(c3cccc4cc5c(cc34)oc3ccccc35)Nc3c2ccc2ccccc32)cc1. The van der Waals surface area contributed by atoms with Gasteiger partial charge in [-0.2, -0.15) is 0 Å². The minimum Gasteiger partial charge on any atom is -0.456 e. The molecule has 7 aromatic rings. The predicted octanol–water partition coefficient (Wildman–Crippen LogP) is 8.85. The molecule has 0 radical (unpaired) electrons. The number of aliphatic imine (C=N–C) groups is 1. The van der Waals surface area contributed by atoms with E-state index in [4.69, 9.17) is 9.41 Å². The van der Waals surface area contributed by atoms with Gasteiger partial charge < -0.3 is 9.73 Å². The van der Waals surface area contributed by atoms with Gasteiger partial charge in [0.2, 0.25) is 0 Å². The Morgan fingerprint density at radius 1 is 0.568 bits per heavy atom. The number of nitrogens with one attached hydrogen (secondary N) is 1. The lowest BCUT2D eigenvalue weighted by molar-refractivity contribution is 0.669. The lowest BCUT2D eigenvalue weighted by Crippen LogP contribution is -2.22. The summed E-state index contributed by atoms with van der Waals surface area (Å²) in [6, 6.07) is 42.5. The highest BCUT2D eigenvalue weighted by Gasteiger charge is 2.26. The molecule has 37 heavy (non-hydrogen) atoms. The Kier molecular flexibility index (Phi) is 4.29. The molecule has 1 aromatic heterocycles. The summed E-state index contributed by atoms with van der Waals surface area (Å²) < 4.78 is 6.25. The summed E-state index contributed by atoms with van der Waals surface area (Å²) in [7, 11) is 0. The molecule has 1 aliphatic rings. The number of rotatable bonds is 2. The molecule has 2 heterocycles. The highest BCUT2D eigenvalue weighted by atomic mass is 16.3. The summed E-state index contributed by atoms with van der Waals surface area (Å²) >= 11 is 0. The second-order valence-corrected chi connectivity index (χ2v) is 9.64. The zero-order chi connectivity index (χ0) is 24.3. The van der Waals surface area contributed by atoms with Crippen molar-refractivity contribution in [3.8, 4) is 0 Å². The zero-order valence-electron chi connectivity index (χ0n) is 20.0. The van der Waals surface area contributed by atoms with Crippen LogP contribution in [0.2, 0.25) is 0 Å². The number of hydrogen-bond acceptors (Lipinski definition) is 3. The molecule has 1 N–H and O–H groups in total. The van der Waals surface area contributed by atoms with Gasteiger partial charge in [-0.15, -0.1) is 0 Å². The molecule has 0 saturated carbocycles. The molecule has 1 unspecified atom stereocenters. The van der Waals surface area contributed by atoms with Crippen LogP contribution in [0.15, 0.2) is 131 Å². The highest BCUT2D eigenvalue weighted by molar-refractivity contribution is 6.21. The number of benzene rings is 6. The summed E-state index contributed by atoms with van der Waals surface area (Å²) in [6.07, 6.45) is 0. The van der Waals surface area contributed by atoms with Gasteiger partial charge in [-0.25, -0.2) is 0 Å². The fourth-order valence-corrected chi connectivity index (χ4v) is 5.73. The van der Waals surface area contributed by atoms with Crippen molar-refractivity contribution in [3.05, 3.63) is 138 Å². The Bertz CT molecular complexity index is 2020. The first-order chi connectivity index (χ1) is 18.3. The van der Waals surface area contributed by atoms with E-state index in [9.17, 15) is 0 Å². The molecule has 8 rings (SSSR count). The maximum atomic E-state index is 6.25. The number of fused-ring (bicyclic) bond motifs is 7. The maximum Gasteiger partial charge on any atom is 0.136 e. The average Bonchev–Trinajstić information content (AvgIpc) is 3.33. The van der Waals surface area contributed by atoms with E-state index in [0.29, 0.717) is 0 Å². The van der Waals surface area contributed by atoms with Crippen molar-refractivity contribution >= 4 is 55.0 Å². The van der Waals surface area contributed by atoms with Crippen LogP contribution in [0.3, 0.4) is 0 Å². The van der Waals surface area contributed by atoms with Gasteiger partial charge in [-0.05, 0) is 39.9 Å². The van der Waals surface area contributed by atoms with Crippen molar-refractivity contribution in [2.75, 3.05) is 5.32 Å². The van der Waals surface area contributed by atoms with E-state index in [1.807, 2.05) is 12.1 Å².